The van der Waals surface area contributed by atoms with Gasteiger partial charge in [-0.2, -0.15) is 0 Å². The number of benzene rings is 2. The fraction of sp³-hybridized carbons (Fsp3) is 0.364. The molecule has 5 nitrogen and oxygen atoms in total. The first-order valence-corrected chi connectivity index (χ1v) is 9.26. The fourth-order valence-corrected chi connectivity index (χ4v) is 3.34. The maximum absolute atomic E-state index is 12.7. The first-order valence-electron chi connectivity index (χ1n) is 9.26. The Balaban J connectivity index is 1.58. The molecule has 0 aromatic heterocycles. The third-order valence-corrected chi connectivity index (χ3v) is 5.21. The average molecular weight is 366 g/mol. The van der Waals surface area contributed by atoms with Gasteiger partial charge in [0.25, 0.3) is 5.91 Å². The van der Waals surface area contributed by atoms with E-state index in [0.29, 0.717) is 38.2 Å². The number of methoxy groups -OCH3 is 1. The Bertz CT molecular complexity index is 839. The molecule has 0 radical (unpaired) electrons. The van der Waals surface area contributed by atoms with Crippen LogP contribution in [0.5, 0.6) is 5.75 Å². The third-order valence-electron chi connectivity index (χ3n) is 5.21. The Morgan fingerprint density at radius 1 is 0.926 bits per heavy atom. The lowest BCUT2D eigenvalue weighted by Crippen LogP contribution is -2.51. The van der Waals surface area contributed by atoms with Crippen LogP contribution in [0.25, 0.3) is 0 Å². The molecule has 5 heteroatoms. The van der Waals surface area contributed by atoms with Crippen molar-refractivity contribution >= 4 is 11.8 Å². The normalized spacial score (nSPS) is 14.2. The Hall–Kier alpha value is -2.82. The van der Waals surface area contributed by atoms with Crippen LogP contribution in [0, 0.1) is 13.8 Å². The van der Waals surface area contributed by atoms with Gasteiger partial charge in [-0.25, -0.2) is 0 Å². The number of hydrogen-bond donors (Lipinski definition) is 0. The van der Waals surface area contributed by atoms with E-state index in [1.54, 1.807) is 7.11 Å². The van der Waals surface area contributed by atoms with E-state index in [1.807, 2.05) is 66.1 Å². The van der Waals surface area contributed by atoms with Crippen molar-refractivity contribution in [2.75, 3.05) is 33.3 Å². The van der Waals surface area contributed by atoms with Crippen LogP contribution in [0.15, 0.2) is 42.5 Å². The van der Waals surface area contributed by atoms with Crippen LogP contribution in [-0.4, -0.2) is 54.9 Å². The maximum atomic E-state index is 12.7. The second kappa shape index (κ2) is 8.25. The molecule has 1 aliphatic heterocycles. The molecule has 0 atom stereocenters. The first kappa shape index (κ1) is 19.0. The number of hydrogen-bond acceptors (Lipinski definition) is 3. The van der Waals surface area contributed by atoms with Gasteiger partial charge < -0.3 is 14.5 Å². The Labute approximate surface area is 160 Å². The molecule has 1 heterocycles. The Kier molecular flexibility index (Phi) is 5.79. The smallest absolute Gasteiger partial charge is 0.253 e. The minimum atomic E-state index is 0.0370. The molecule has 3 rings (SSSR count). The number of piperazine rings is 1. The van der Waals surface area contributed by atoms with E-state index >= 15 is 0 Å². The number of carbonyl (C=O) groups excluding carboxylic acids is 2. The molecular formula is C22H26N2O3. The van der Waals surface area contributed by atoms with Crippen molar-refractivity contribution in [1.82, 2.24) is 9.80 Å². The van der Waals surface area contributed by atoms with Gasteiger partial charge in [0.15, 0.2) is 0 Å². The minimum Gasteiger partial charge on any atom is -0.496 e. The predicted molar refractivity (Wildman–Crippen MR) is 105 cm³/mol. The summed E-state index contributed by atoms with van der Waals surface area (Å²) < 4.78 is 5.33. The van der Waals surface area contributed by atoms with Gasteiger partial charge in [0.2, 0.25) is 5.91 Å². The summed E-state index contributed by atoms with van der Waals surface area (Å²) in [6.07, 6.45) is 0.315. The zero-order valence-electron chi connectivity index (χ0n) is 16.2. The summed E-state index contributed by atoms with van der Waals surface area (Å²) in [5, 5.41) is 0. The fourth-order valence-electron chi connectivity index (χ4n) is 3.34. The van der Waals surface area contributed by atoms with Crippen molar-refractivity contribution in [2.24, 2.45) is 0 Å². The zero-order valence-corrected chi connectivity index (χ0v) is 16.2. The molecule has 2 amide bonds. The molecule has 2 aromatic rings. The Morgan fingerprint density at radius 3 is 2.26 bits per heavy atom. The number of carbonyl (C=O) groups is 2. The molecule has 0 bridgehead atoms. The van der Waals surface area contributed by atoms with Crippen LogP contribution in [0.2, 0.25) is 0 Å². The molecule has 0 N–H and O–H groups in total. The number of nitrogens with zero attached hydrogens (tertiary/aromatic N) is 2. The van der Waals surface area contributed by atoms with Gasteiger partial charge >= 0.3 is 0 Å². The molecule has 1 aliphatic rings. The van der Waals surface area contributed by atoms with Crippen LogP contribution in [0.1, 0.15) is 27.0 Å². The summed E-state index contributed by atoms with van der Waals surface area (Å²) in [7, 11) is 1.61. The third kappa shape index (κ3) is 4.30. The highest BCUT2D eigenvalue weighted by Crippen LogP contribution is 2.19. The second-order valence-corrected chi connectivity index (χ2v) is 6.96. The lowest BCUT2D eigenvalue weighted by molar-refractivity contribution is -0.131. The van der Waals surface area contributed by atoms with E-state index in [2.05, 4.69) is 0 Å². The number of para-hydroxylation sites is 1. The Morgan fingerprint density at radius 2 is 1.59 bits per heavy atom. The van der Waals surface area contributed by atoms with Gasteiger partial charge in [0, 0.05) is 37.3 Å². The van der Waals surface area contributed by atoms with E-state index in [9.17, 15) is 9.59 Å². The largest absolute Gasteiger partial charge is 0.496 e. The molecule has 2 aromatic carbocycles. The second-order valence-electron chi connectivity index (χ2n) is 6.96. The molecular weight excluding hydrogens is 340 g/mol. The van der Waals surface area contributed by atoms with Crippen molar-refractivity contribution in [2.45, 2.75) is 20.3 Å². The van der Waals surface area contributed by atoms with E-state index in [1.165, 1.54) is 5.56 Å². The summed E-state index contributed by atoms with van der Waals surface area (Å²) in [6.45, 7) is 6.29. The standard InChI is InChI=1S/C22H26N2O3/c1-16-8-9-19(14-17(16)2)22(26)24-12-10-23(11-13-24)21(25)15-18-6-4-5-7-20(18)27-3/h4-9,14H,10-13,15H2,1-3H3. The lowest BCUT2D eigenvalue weighted by Gasteiger charge is -2.35. The molecule has 0 spiro atoms. The monoisotopic (exact) mass is 366 g/mol. The highest BCUT2D eigenvalue weighted by molar-refractivity contribution is 5.94. The molecule has 0 saturated carbocycles. The first-order chi connectivity index (χ1) is 13.0. The molecule has 27 heavy (non-hydrogen) atoms. The van der Waals surface area contributed by atoms with Gasteiger partial charge in [-0.15, -0.1) is 0 Å². The van der Waals surface area contributed by atoms with Gasteiger partial charge in [-0.1, -0.05) is 24.3 Å². The van der Waals surface area contributed by atoms with Crippen LogP contribution in [0.4, 0.5) is 0 Å². The van der Waals surface area contributed by atoms with Crippen LogP contribution in [0.3, 0.4) is 0 Å². The van der Waals surface area contributed by atoms with Crippen LogP contribution < -0.4 is 4.74 Å². The minimum absolute atomic E-state index is 0.0370. The summed E-state index contributed by atoms with van der Waals surface area (Å²) in [4.78, 5) is 29.0. The number of aryl methyl sites for hydroxylation is 2. The van der Waals surface area contributed by atoms with Gasteiger partial charge in [-0.05, 0) is 43.2 Å². The van der Waals surface area contributed by atoms with Crippen molar-refractivity contribution in [3.05, 3.63) is 64.7 Å². The average Bonchev–Trinajstić information content (AvgIpc) is 2.70. The summed E-state index contributed by atoms with van der Waals surface area (Å²) in [6, 6.07) is 13.4. The highest BCUT2D eigenvalue weighted by atomic mass is 16.5. The maximum Gasteiger partial charge on any atom is 0.253 e. The van der Waals surface area contributed by atoms with Gasteiger partial charge in [-0.3, -0.25) is 9.59 Å². The highest BCUT2D eigenvalue weighted by Gasteiger charge is 2.25. The van der Waals surface area contributed by atoms with E-state index in [4.69, 9.17) is 4.74 Å². The predicted octanol–water partition coefficient (Wildman–Crippen LogP) is 2.84. The van der Waals surface area contributed by atoms with Gasteiger partial charge in [0.05, 0.1) is 13.5 Å². The summed E-state index contributed by atoms with van der Waals surface area (Å²) in [5.74, 6) is 0.835. The topological polar surface area (TPSA) is 49.9 Å². The number of ether oxygens (including phenoxy) is 1. The molecule has 0 aliphatic carbocycles. The molecule has 142 valence electrons. The molecule has 0 unspecified atom stereocenters. The van der Waals surface area contributed by atoms with E-state index < -0.39 is 0 Å². The lowest BCUT2D eigenvalue weighted by atomic mass is 10.1. The van der Waals surface area contributed by atoms with Crippen LogP contribution in [-0.2, 0) is 11.2 Å². The van der Waals surface area contributed by atoms with E-state index in [-0.39, 0.29) is 11.8 Å². The van der Waals surface area contributed by atoms with E-state index in [0.717, 1.165) is 16.9 Å². The SMILES string of the molecule is COc1ccccc1CC(=O)N1CCN(C(=O)c2ccc(C)c(C)c2)CC1. The summed E-state index contributed by atoms with van der Waals surface area (Å²) in [5.41, 5.74) is 3.90. The van der Waals surface area contributed by atoms with Crippen LogP contribution >= 0.6 is 0 Å². The quantitative estimate of drug-likeness (QED) is 0.836. The van der Waals surface area contributed by atoms with Gasteiger partial charge in [0.1, 0.15) is 5.75 Å². The van der Waals surface area contributed by atoms with Crippen molar-refractivity contribution in [3.8, 4) is 5.75 Å². The number of rotatable bonds is 4. The molecule has 1 saturated heterocycles. The van der Waals surface area contributed by atoms with Crippen molar-refractivity contribution in [3.63, 3.8) is 0 Å². The summed E-state index contributed by atoms with van der Waals surface area (Å²) >= 11 is 0. The number of amides is 2. The zero-order chi connectivity index (χ0) is 19.4. The van der Waals surface area contributed by atoms with Crippen molar-refractivity contribution < 1.29 is 14.3 Å². The van der Waals surface area contributed by atoms with Crippen molar-refractivity contribution in [1.29, 1.82) is 0 Å². The molecule has 1 fully saturated rings.